The minimum Gasteiger partial charge on any atom is -0.610 e. The van der Waals surface area contributed by atoms with E-state index in [0.717, 1.165) is 9.80 Å². The molecule has 2 saturated heterocycles. The van der Waals surface area contributed by atoms with Gasteiger partial charge in [-0.05, 0) is 48.8 Å². The van der Waals surface area contributed by atoms with Gasteiger partial charge in [-0.25, -0.2) is 0 Å². The fourth-order valence-electron chi connectivity index (χ4n) is 11.3. The SMILES string of the molecule is CC[C@H](C)[C@@H]1NC(=O)CNC(=O)[C@H]2Cc3c([nH]c4ccccc34)[S+]([O-])C[C@H](NC(=O)CNC1=O)C(=O)NC(CC(=O)NCc1ccc(NC(=O)[C@H](C)NC(=O)C(NC(=O)CCN3C(=O)CC(SC)C3=O)C(C)C)cc1)C(=O)N1C[C@H](O)C[C@H]1C(=O)N[C@@H]([C@@H](C)[C@@H](O)CO)C(=O)N2. The Bertz CT molecular complexity index is 3450. The number of anilines is 1. The highest BCUT2D eigenvalue weighted by atomic mass is 32.2. The molecule has 0 aliphatic carbocycles. The summed E-state index contributed by atoms with van der Waals surface area (Å²) in [5, 5.41) is 59.9. The van der Waals surface area contributed by atoms with Crippen LogP contribution < -0.4 is 58.5 Å². The lowest BCUT2D eigenvalue weighted by molar-refractivity contribution is -0.144. The molecule has 34 heteroatoms. The van der Waals surface area contributed by atoms with E-state index in [0.29, 0.717) is 22.9 Å². The maximum absolute atomic E-state index is 15.0. The number of imide groups is 1. The summed E-state index contributed by atoms with van der Waals surface area (Å²) in [6.07, 6.45) is -3.12. The van der Waals surface area contributed by atoms with Gasteiger partial charge < -0.3 is 88.2 Å². The molecule has 14 amide bonds. The number of hydrogen-bond donors (Lipinski definition) is 15. The monoisotopic (exact) mass is 1380 g/mol. The summed E-state index contributed by atoms with van der Waals surface area (Å²) in [6, 6.07) is 0.0238. The van der Waals surface area contributed by atoms with E-state index in [4.69, 9.17) is 0 Å². The first-order valence-electron chi connectivity index (χ1n) is 31.5. The summed E-state index contributed by atoms with van der Waals surface area (Å²) < 4.78 is 15.0. The number of fused-ring (bicyclic) bond motifs is 5. The maximum atomic E-state index is 15.0. The highest BCUT2D eigenvalue weighted by molar-refractivity contribution is 8.00. The van der Waals surface area contributed by atoms with Crippen molar-refractivity contribution in [3.8, 4) is 0 Å². The van der Waals surface area contributed by atoms with Crippen LogP contribution >= 0.6 is 11.8 Å². The Morgan fingerprint density at radius 2 is 1.43 bits per heavy atom. The molecule has 2 bridgehead atoms. The Kier molecular flexibility index (Phi) is 26.3. The number of thioether (sulfide) groups is 1. The minimum absolute atomic E-state index is 0.0347. The zero-order valence-electron chi connectivity index (χ0n) is 54.1. The number of hydrogen-bond acceptors (Lipinski definition) is 19. The minimum atomic E-state index is -2.39. The van der Waals surface area contributed by atoms with E-state index in [9.17, 15) is 82.2 Å². The number of aromatic amines is 1. The fourth-order valence-corrected chi connectivity index (χ4v) is 13.3. The number of H-pyrrole nitrogens is 1. The van der Waals surface area contributed by atoms with E-state index in [2.05, 4.69) is 63.5 Å². The van der Waals surface area contributed by atoms with Gasteiger partial charge in [0.05, 0.1) is 43.6 Å². The quantitative estimate of drug-likeness (QED) is 0.0399. The van der Waals surface area contributed by atoms with Gasteiger partial charge in [-0.15, -0.1) is 0 Å². The Morgan fingerprint density at radius 1 is 0.750 bits per heavy atom. The largest absolute Gasteiger partial charge is 0.610 e. The molecule has 0 saturated carbocycles. The second-order valence-electron chi connectivity index (χ2n) is 24.5. The van der Waals surface area contributed by atoms with Crippen molar-refractivity contribution in [1.82, 2.24) is 68.0 Å². The first-order valence-corrected chi connectivity index (χ1v) is 34.1. The van der Waals surface area contributed by atoms with Gasteiger partial charge in [-0.3, -0.25) is 72.0 Å². The van der Waals surface area contributed by atoms with Crippen molar-refractivity contribution in [1.29, 1.82) is 0 Å². The predicted molar refractivity (Wildman–Crippen MR) is 346 cm³/mol. The van der Waals surface area contributed by atoms with Crippen molar-refractivity contribution < 1.29 is 87.0 Å². The van der Waals surface area contributed by atoms with Gasteiger partial charge in [0.2, 0.25) is 87.7 Å². The van der Waals surface area contributed by atoms with Crippen molar-refractivity contribution in [3.63, 3.8) is 0 Å². The Hall–Kier alpha value is -8.70. The molecule has 32 nitrogen and oxygen atoms in total. The van der Waals surface area contributed by atoms with Crippen LogP contribution in [0.3, 0.4) is 0 Å². The number of carbonyl (C=O) groups is 14. The van der Waals surface area contributed by atoms with Crippen molar-refractivity contribution in [2.75, 3.05) is 50.1 Å². The number of carbonyl (C=O) groups excluding carboxylic acids is 14. The average molecular weight is 1380 g/mol. The van der Waals surface area contributed by atoms with Gasteiger partial charge >= 0.3 is 0 Å². The van der Waals surface area contributed by atoms with Gasteiger partial charge in [-0.2, -0.15) is 11.8 Å². The zero-order chi connectivity index (χ0) is 70.4. The summed E-state index contributed by atoms with van der Waals surface area (Å²) in [5.41, 5.74) is 1.20. The second kappa shape index (κ2) is 33.8. The predicted octanol–water partition coefficient (Wildman–Crippen LogP) is -4.33. The molecular weight excluding hydrogens is 1290 g/mol. The molecule has 2 fully saturated rings. The summed E-state index contributed by atoms with van der Waals surface area (Å²) >= 11 is -1.15. The third-order valence-electron chi connectivity index (χ3n) is 17.2. The van der Waals surface area contributed by atoms with Crippen LogP contribution in [0.4, 0.5) is 5.69 Å². The van der Waals surface area contributed by atoms with Crippen LogP contribution in [0, 0.1) is 17.8 Å². The van der Waals surface area contributed by atoms with E-state index in [1.165, 1.54) is 49.9 Å². The summed E-state index contributed by atoms with van der Waals surface area (Å²) in [7, 11) is 0. The van der Waals surface area contributed by atoms with E-state index in [1.54, 1.807) is 58.2 Å². The van der Waals surface area contributed by atoms with Gasteiger partial charge in [-0.1, -0.05) is 71.4 Å². The first-order chi connectivity index (χ1) is 45.5. The number of para-hydroxylation sites is 1. The molecule has 15 N–H and O–H groups in total. The summed E-state index contributed by atoms with van der Waals surface area (Å²) in [4.78, 5) is 199. The van der Waals surface area contributed by atoms with Crippen LogP contribution in [0.5, 0.6) is 0 Å². The van der Waals surface area contributed by atoms with Gasteiger partial charge in [0.25, 0.3) is 0 Å². The van der Waals surface area contributed by atoms with Crippen molar-refractivity contribution in [2.24, 2.45) is 17.8 Å². The molecule has 522 valence electrons. The third-order valence-corrected chi connectivity index (χ3v) is 19.6. The average Bonchev–Trinajstić information content (AvgIpc) is 1.64. The molecule has 4 aliphatic heterocycles. The molecule has 0 radical (unpaired) electrons. The smallest absolute Gasteiger partial charge is 0.248 e. The maximum Gasteiger partial charge on any atom is 0.248 e. The van der Waals surface area contributed by atoms with Crippen LogP contribution in [0.15, 0.2) is 53.6 Å². The Balaban J connectivity index is 1.14. The number of nitrogens with one attached hydrogen (secondary N) is 12. The summed E-state index contributed by atoms with van der Waals surface area (Å²) in [5.74, 6) is -15.0. The topological polar surface area (TPSA) is 477 Å². The van der Waals surface area contributed by atoms with Crippen molar-refractivity contribution >= 4 is 122 Å². The Labute approximate surface area is 559 Å². The molecule has 5 heterocycles. The number of rotatable bonds is 19. The molecule has 0 spiro atoms. The van der Waals surface area contributed by atoms with Crippen LogP contribution in [0.1, 0.15) is 84.8 Å². The van der Waals surface area contributed by atoms with E-state index in [1.807, 2.05) is 0 Å². The Morgan fingerprint density at radius 3 is 2.08 bits per heavy atom. The van der Waals surface area contributed by atoms with Crippen LogP contribution in [-0.2, 0) is 91.3 Å². The second-order valence-corrected chi connectivity index (χ2v) is 27.0. The number of aliphatic hydroxyl groups is 3. The highest BCUT2D eigenvalue weighted by Crippen LogP contribution is 2.30. The fraction of sp³-hybridized carbons (Fsp3) is 0.548. The molecule has 1 aromatic heterocycles. The molecule has 4 unspecified atom stereocenters. The lowest BCUT2D eigenvalue weighted by Crippen LogP contribution is -2.62. The summed E-state index contributed by atoms with van der Waals surface area (Å²) in [6.45, 7) is 6.01. The van der Waals surface area contributed by atoms with Crippen LogP contribution in [0.2, 0.25) is 0 Å². The number of aromatic nitrogens is 1. The highest BCUT2D eigenvalue weighted by Gasteiger charge is 2.46. The van der Waals surface area contributed by atoms with E-state index >= 15 is 4.79 Å². The lowest BCUT2D eigenvalue weighted by atomic mass is 9.93. The van der Waals surface area contributed by atoms with E-state index in [-0.39, 0.29) is 48.1 Å². The molecule has 2 aromatic carbocycles. The number of likely N-dealkylation sites (tertiary alicyclic amines) is 1. The van der Waals surface area contributed by atoms with Crippen LogP contribution in [-0.4, -0.2) is 228 Å². The van der Waals surface area contributed by atoms with Crippen LogP contribution in [0.25, 0.3) is 10.9 Å². The molecule has 3 aromatic rings. The zero-order valence-corrected chi connectivity index (χ0v) is 55.7. The number of amides is 14. The number of benzene rings is 2. The van der Waals surface area contributed by atoms with E-state index < -0.39 is 223 Å². The number of aliphatic hydroxyl groups excluding tert-OH is 3. The number of nitrogens with zero attached hydrogens (tertiary/aromatic N) is 2. The third kappa shape index (κ3) is 19.1. The van der Waals surface area contributed by atoms with Gasteiger partial charge in [0.1, 0.15) is 48.0 Å². The lowest BCUT2D eigenvalue weighted by Gasteiger charge is -2.33. The van der Waals surface area contributed by atoms with Gasteiger partial charge in [0.15, 0.2) is 6.04 Å². The van der Waals surface area contributed by atoms with Crippen molar-refractivity contribution in [2.45, 2.75) is 157 Å². The standard InChI is InChI=1S/C62H84N14O18S2/c1-8-30(4)51-57(89)65-24-47(82)68-41-28-96(94)60-37(36-11-9-10-12-38(36)71-60)20-39(54(86)64-25-48(83)73-51)69-59(91)52(31(5)43(79)27-77)74-56(88)42-19-35(78)26-76(42)61(92)40(70-55(41)87)21-46(81)63-23-33-13-15-34(16-14-33)67-53(85)32(6)66-58(90)50(29(2)3)72-45(80)17-18-75-49(84)22-44(95-7)62(75)93/h9-16,29-32,35,39-44,50-52,71,77-79H,8,17-28H2,1-7H3,(H,63,81)(H,64,86)(H,65,89)(H,66,90)(H,67,85)(H,68,82)(H,69,91)(H,70,87)(H,72,80)(H,73,83)(H,74,88)/t30-,31-,32-,35+,39+,40?,41-,42-,43-,44?,50?,51-,52-,96?/m0/s1. The molecule has 14 atom stereocenters. The molecule has 96 heavy (non-hydrogen) atoms. The normalized spacial score (nSPS) is 25.1. The molecule has 4 aliphatic rings. The van der Waals surface area contributed by atoms with Crippen molar-refractivity contribution in [3.05, 3.63) is 59.7 Å². The molecule has 7 rings (SSSR count). The molecular formula is C62H84N14O18S2. The first kappa shape index (κ1) is 74.7. The van der Waals surface area contributed by atoms with Gasteiger partial charge in [0, 0.05) is 84.6 Å².